The van der Waals surface area contributed by atoms with Crippen LogP contribution in [0.1, 0.15) is 33.6 Å². The molecule has 0 unspecified atom stereocenters. The van der Waals surface area contributed by atoms with Gasteiger partial charge in [0.1, 0.15) is 12.8 Å². The molecule has 2 N–H and O–H groups in total. The van der Waals surface area contributed by atoms with Crippen molar-refractivity contribution in [3.05, 3.63) is 12.2 Å². The van der Waals surface area contributed by atoms with Crippen LogP contribution < -0.4 is 5.32 Å². The minimum absolute atomic E-state index is 0.0232. The first kappa shape index (κ1) is 16.0. The van der Waals surface area contributed by atoms with E-state index < -0.39 is 12.0 Å². The van der Waals surface area contributed by atoms with Gasteiger partial charge in [-0.25, -0.2) is 0 Å². The summed E-state index contributed by atoms with van der Waals surface area (Å²) in [5, 5.41) is 12.4. The number of rotatable bonds is 4. The summed E-state index contributed by atoms with van der Waals surface area (Å²) in [4.78, 5) is 24.9. The zero-order chi connectivity index (χ0) is 15.6. The third-order valence-electron chi connectivity index (χ3n) is 4.42. The van der Waals surface area contributed by atoms with Crippen molar-refractivity contribution >= 4 is 11.9 Å². The number of carbonyl (C=O) groups is 2. The molecule has 0 spiro atoms. The van der Waals surface area contributed by atoms with Crippen LogP contribution >= 0.6 is 0 Å². The molecular weight excluding hydrogens is 272 g/mol. The maximum absolute atomic E-state index is 11.5. The van der Waals surface area contributed by atoms with Gasteiger partial charge < -0.3 is 15.2 Å². The second kappa shape index (κ2) is 6.58. The molecule has 0 bridgehead atoms. The minimum Gasteiger partial charge on any atom is -0.480 e. The van der Waals surface area contributed by atoms with E-state index >= 15 is 0 Å². The summed E-state index contributed by atoms with van der Waals surface area (Å²) in [5.74, 6) is -0.820. The van der Waals surface area contributed by atoms with Gasteiger partial charge in [0.05, 0.1) is 12.1 Å². The van der Waals surface area contributed by atoms with Crippen LogP contribution in [0.5, 0.6) is 0 Å². The molecule has 6 heteroatoms. The Bertz CT molecular complexity index is 437. The monoisotopic (exact) mass is 296 g/mol. The fourth-order valence-corrected chi connectivity index (χ4v) is 3.61. The zero-order valence-electron chi connectivity index (χ0n) is 12.8. The summed E-state index contributed by atoms with van der Waals surface area (Å²) >= 11 is 0. The average Bonchev–Trinajstić information content (AvgIpc) is 2.78. The Labute approximate surface area is 125 Å². The van der Waals surface area contributed by atoms with Gasteiger partial charge in [-0.2, -0.15) is 0 Å². The number of carboxylic acids is 1. The second-order valence-corrected chi connectivity index (χ2v) is 5.75. The van der Waals surface area contributed by atoms with E-state index in [1.54, 1.807) is 0 Å². The minimum atomic E-state index is -0.827. The lowest BCUT2D eigenvalue weighted by atomic mass is 9.88. The third kappa shape index (κ3) is 3.11. The van der Waals surface area contributed by atoms with E-state index in [2.05, 4.69) is 5.32 Å². The van der Waals surface area contributed by atoms with Crippen LogP contribution in [0.25, 0.3) is 0 Å². The largest absolute Gasteiger partial charge is 0.480 e. The molecule has 1 amide bonds. The molecule has 0 aromatic carbocycles. The van der Waals surface area contributed by atoms with Gasteiger partial charge in [-0.05, 0) is 25.7 Å². The van der Waals surface area contributed by atoms with Gasteiger partial charge in [0, 0.05) is 13.0 Å². The van der Waals surface area contributed by atoms with Crippen molar-refractivity contribution in [1.82, 2.24) is 10.2 Å². The average molecular weight is 296 g/mol. The van der Waals surface area contributed by atoms with Crippen LogP contribution in [-0.2, 0) is 14.3 Å². The Balaban J connectivity index is 2.31. The Kier molecular flexibility index (Phi) is 5.00. The molecule has 0 aromatic heterocycles. The van der Waals surface area contributed by atoms with Gasteiger partial charge in [-0.3, -0.25) is 14.5 Å². The maximum Gasteiger partial charge on any atom is 0.321 e. The van der Waals surface area contributed by atoms with Gasteiger partial charge in [0.15, 0.2) is 0 Å². The lowest BCUT2D eigenvalue weighted by molar-refractivity contribution is -0.156. The fourth-order valence-electron chi connectivity index (χ4n) is 3.61. The molecule has 118 valence electrons. The van der Waals surface area contributed by atoms with E-state index in [1.807, 2.05) is 30.9 Å². The molecule has 0 radical (unpaired) electrons. The van der Waals surface area contributed by atoms with Gasteiger partial charge in [-0.1, -0.05) is 19.1 Å². The SMILES string of the molecule is C/C=C\[C@@H]1C[C@H](C(=O)O)N2CO[C@@H](CC)[C@H](NC(C)=O)[C@@H]12. The van der Waals surface area contributed by atoms with E-state index in [1.165, 1.54) is 6.92 Å². The number of fused-ring (bicyclic) bond motifs is 1. The molecule has 2 saturated heterocycles. The highest BCUT2D eigenvalue weighted by Gasteiger charge is 2.51. The first-order chi connectivity index (χ1) is 9.99. The van der Waals surface area contributed by atoms with Crippen molar-refractivity contribution in [3.63, 3.8) is 0 Å². The number of nitrogens with one attached hydrogen (secondary N) is 1. The first-order valence-corrected chi connectivity index (χ1v) is 7.49. The quantitative estimate of drug-likeness (QED) is 0.756. The Morgan fingerprint density at radius 1 is 1.48 bits per heavy atom. The number of hydrogen-bond donors (Lipinski definition) is 2. The van der Waals surface area contributed by atoms with Crippen LogP contribution in [-0.4, -0.2) is 52.8 Å². The number of amides is 1. The van der Waals surface area contributed by atoms with Crippen molar-refractivity contribution in [1.29, 1.82) is 0 Å². The van der Waals surface area contributed by atoms with Gasteiger partial charge in [0.25, 0.3) is 0 Å². The molecular formula is C15H24N2O4. The van der Waals surface area contributed by atoms with E-state index in [9.17, 15) is 14.7 Å². The van der Waals surface area contributed by atoms with Gasteiger partial charge in [-0.15, -0.1) is 0 Å². The standard InChI is InChI=1S/C15H24N2O4/c1-4-6-10-7-11(15(19)20)17-8-21-12(5-2)13(14(10)17)16-9(3)18/h4,6,10-14H,5,7-8H2,1-3H3,(H,16,18)(H,19,20)/b6-4-/t10-,11-,12+,13+,14-/m1/s1. The summed E-state index contributed by atoms with van der Waals surface area (Å²) < 4.78 is 5.79. The van der Waals surface area contributed by atoms with E-state index in [-0.39, 0.29) is 30.0 Å². The van der Waals surface area contributed by atoms with Crippen molar-refractivity contribution in [3.8, 4) is 0 Å². The third-order valence-corrected chi connectivity index (χ3v) is 4.42. The summed E-state index contributed by atoms with van der Waals surface area (Å²) in [6.45, 7) is 5.75. The number of nitrogens with zero attached hydrogens (tertiary/aromatic N) is 1. The zero-order valence-corrected chi connectivity index (χ0v) is 12.8. The molecule has 0 aliphatic carbocycles. The Morgan fingerprint density at radius 3 is 2.71 bits per heavy atom. The van der Waals surface area contributed by atoms with Crippen LogP contribution in [0.2, 0.25) is 0 Å². The molecule has 0 saturated carbocycles. The maximum atomic E-state index is 11.5. The van der Waals surface area contributed by atoms with E-state index in [0.717, 1.165) is 6.42 Å². The highest BCUT2D eigenvalue weighted by molar-refractivity contribution is 5.75. The van der Waals surface area contributed by atoms with E-state index in [0.29, 0.717) is 13.2 Å². The predicted molar refractivity (Wildman–Crippen MR) is 77.6 cm³/mol. The normalized spacial score (nSPS) is 36.6. The van der Waals surface area contributed by atoms with Crippen molar-refractivity contribution in [2.45, 2.75) is 57.8 Å². The summed E-state index contributed by atoms with van der Waals surface area (Å²) in [7, 11) is 0. The van der Waals surface area contributed by atoms with Crippen LogP contribution in [0.3, 0.4) is 0 Å². The summed E-state index contributed by atoms with van der Waals surface area (Å²) in [6, 6.07) is -0.748. The summed E-state index contributed by atoms with van der Waals surface area (Å²) in [5.41, 5.74) is 0. The highest BCUT2D eigenvalue weighted by atomic mass is 16.5. The Hall–Kier alpha value is -1.40. The molecule has 21 heavy (non-hydrogen) atoms. The van der Waals surface area contributed by atoms with Crippen molar-refractivity contribution < 1.29 is 19.4 Å². The fraction of sp³-hybridized carbons (Fsp3) is 0.733. The van der Waals surface area contributed by atoms with Crippen molar-refractivity contribution in [2.24, 2.45) is 5.92 Å². The second-order valence-electron chi connectivity index (χ2n) is 5.75. The highest BCUT2D eigenvalue weighted by Crippen LogP contribution is 2.37. The smallest absolute Gasteiger partial charge is 0.321 e. The molecule has 0 aromatic rings. The number of ether oxygens (including phenoxy) is 1. The molecule has 6 nitrogen and oxygen atoms in total. The molecule has 2 aliphatic rings. The van der Waals surface area contributed by atoms with E-state index in [4.69, 9.17) is 4.74 Å². The number of aliphatic carboxylic acids is 1. The number of hydrogen-bond acceptors (Lipinski definition) is 4. The molecule has 5 atom stereocenters. The Morgan fingerprint density at radius 2 is 2.19 bits per heavy atom. The topological polar surface area (TPSA) is 78.9 Å². The number of allylic oxidation sites excluding steroid dienone is 1. The molecule has 2 rings (SSSR count). The lowest BCUT2D eigenvalue weighted by Crippen LogP contribution is -2.63. The molecule has 2 aliphatic heterocycles. The van der Waals surface area contributed by atoms with Crippen molar-refractivity contribution in [2.75, 3.05) is 6.73 Å². The first-order valence-electron chi connectivity index (χ1n) is 7.49. The van der Waals surface area contributed by atoms with Gasteiger partial charge in [0.2, 0.25) is 5.91 Å². The van der Waals surface area contributed by atoms with Crippen LogP contribution in [0, 0.1) is 5.92 Å². The lowest BCUT2D eigenvalue weighted by Gasteiger charge is -2.44. The predicted octanol–water partition coefficient (Wildman–Crippen LogP) is 0.977. The summed E-state index contributed by atoms with van der Waals surface area (Å²) in [6.07, 6.45) is 5.27. The van der Waals surface area contributed by atoms with Crippen LogP contribution in [0.4, 0.5) is 0 Å². The molecule has 2 fully saturated rings. The number of carboxylic acid groups (broad SMARTS) is 1. The van der Waals surface area contributed by atoms with Gasteiger partial charge >= 0.3 is 5.97 Å². The van der Waals surface area contributed by atoms with Crippen LogP contribution in [0.15, 0.2) is 12.2 Å². The molecule has 2 heterocycles. The number of carbonyl (C=O) groups excluding carboxylic acids is 1.